The van der Waals surface area contributed by atoms with Gasteiger partial charge in [-0.3, -0.25) is 4.79 Å². The average molecular weight is 402 g/mol. The number of benzene rings is 3. The number of carbonyl (C=O) groups is 2. The second-order valence-corrected chi connectivity index (χ2v) is 7.06. The van der Waals surface area contributed by atoms with Crippen molar-refractivity contribution in [3.63, 3.8) is 0 Å². The van der Waals surface area contributed by atoms with Crippen LogP contribution in [0.2, 0.25) is 0 Å². The lowest BCUT2D eigenvalue weighted by molar-refractivity contribution is 0.0954. The zero-order valence-corrected chi connectivity index (χ0v) is 17.2. The maximum absolute atomic E-state index is 12.8. The van der Waals surface area contributed by atoms with Gasteiger partial charge in [-0.05, 0) is 42.3 Å². The molecule has 3 N–H and O–H groups in total. The Labute approximate surface area is 176 Å². The van der Waals surface area contributed by atoms with Gasteiger partial charge in [0.1, 0.15) is 0 Å². The van der Waals surface area contributed by atoms with Crippen LogP contribution in [0.3, 0.4) is 0 Å². The Balaban J connectivity index is 1.67. The van der Waals surface area contributed by atoms with Crippen molar-refractivity contribution in [2.75, 3.05) is 36.2 Å². The van der Waals surface area contributed by atoms with Crippen LogP contribution in [0.25, 0.3) is 0 Å². The molecule has 0 aliphatic carbocycles. The van der Waals surface area contributed by atoms with E-state index in [0.717, 1.165) is 12.1 Å². The third-order valence-electron chi connectivity index (χ3n) is 4.55. The summed E-state index contributed by atoms with van der Waals surface area (Å²) in [6, 6.07) is 24.1. The van der Waals surface area contributed by atoms with E-state index in [1.54, 1.807) is 24.3 Å². The van der Waals surface area contributed by atoms with E-state index in [4.69, 9.17) is 0 Å². The minimum absolute atomic E-state index is 0.179. The van der Waals surface area contributed by atoms with Gasteiger partial charge >= 0.3 is 6.03 Å². The SMILES string of the molecule is CN(C)c1ccc(NC(=O)Nc2ccccc2)cc1C(=O)NCCc1ccccc1. The summed E-state index contributed by atoms with van der Waals surface area (Å²) < 4.78 is 0. The Morgan fingerprint density at radius 3 is 2.10 bits per heavy atom. The smallest absolute Gasteiger partial charge is 0.323 e. The van der Waals surface area contributed by atoms with Crippen LogP contribution in [0, 0.1) is 0 Å². The first-order valence-corrected chi connectivity index (χ1v) is 9.79. The molecule has 0 atom stereocenters. The number of carbonyl (C=O) groups excluding carboxylic acids is 2. The topological polar surface area (TPSA) is 73.5 Å². The van der Waals surface area contributed by atoms with E-state index >= 15 is 0 Å². The zero-order valence-electron chi connectivity index (χ0n) is 17.2. The van der Waals surface area contributed by atoms with Crippen LogP contribution in [0.15, 0.2) is 78.9 Å². The van der Waals surface area contributed by atoms with Crippen LogP contribution >= 0.6 is 0 Å². The summed E-state index contributed by atoms with van der Waals surface area (Å²) in [5.41, 5.74) is 3.69. The van der Waals surface area contributed by atoms with Crippen molar-refractivity contribution in [3.8, 4) is 0 Å². The van der Waals surface area contributed by atoms with E-state index in [-0.39, 0.29) is 11.9 Å². The Hall–Kier alpha value is -3.80. The standard InChI is InChI=1S/C24H26N4O2/c1-28(2)22-14-13-20(27-24(30)26-19-11-7-4-8-12-19)17-21(22)23(29)25-16-15-18-9-5-3-6-10-18/h3-14,17H,15-16H2,1-2H3,(H,25,29)(H2,26,27,30). The van der Waals surface area contributed by atoms with Crippen molar-refractivity contribution in [1.29, 1.82) is 0 Å². The van der Waals surface area contributed by atoms with Gasteiger partial charge in [-0.2, -0.15) is 0 Å². The number of nitrogens with one attached hydrogen (secondary N) is 3. The molecule has 0 spiro atoms. The van der Waals surface area contributed by atoms with Gasteiger partial charge in [0.2, 0.25) is 0 Å². The Morgan fingerprint density at radius 1 is 0.800 bits per heavy atom. The second-order valence-electron chi connectivity index (χ2n) is 7.06. The summed E-state index contributed by atoms with van der Waals surface area (Å²) in [7, 11) is 3.76. The Kier molecular flexibility index (Phi) is 7.05. The molecule has 0 unspecified atom stereocenters. The van der Waals surface area contributed by atoms with Crippen molar-refractivity contribution in [2.45, 2.75) is 6.42 Å². The first kappa shape index (κ1) is 20.9. The fraction of sp³-hybridized carbons (Fsp3) is 0.167. The van der Waals surface area contributed by atoms with Gasteiger partial charge in [0.15, 0.2) is 0 Å². The molecule has 0 saturated carbocycles. The Morgan fingerprint density at radius 2 is 1.43 bits per heavy atom. The predicted molar refractivity (Wildman–Crippen MR) is 122 cm³/mol. The highest BCUT2D eigenvalue weighted by Gasteiger charge is 2.15. The van der Waals surface area contributed by atoms with E-state index in [9.17, 15) is 9.59 Å². The summed E-state index contributed by atoms with van der Waals surface area (Å²) in [5, 5.41) is 8.52. The summed E-state index contributed by atoms with van der Waals surface area (Å²) in [6.45, 7) is 0.530. The number of urea groups is 1. The van der Waals surface area contributed by atoms with Crippen LogP contribution in [0.5, 0.6) is 0 Å². The van der Waals surface area contributed by atoms with Crippen LogP contribution in [0.1, 0.15) is 15.9 Å². The molecule has 6 nitrogen and oxygen atoms in total. The van der Waals surface area contributed by atoms with Crippen molar-refractivity contribution in [2.24, 2.45) is 0 Å². The predicted octanol–water partition coefficient (Wildman–Crippen LogP) is 4.37. The molecule has 0 aliphatic rings. The molecular weight excluding hydrogens is 376 g/mol. The van der Waals surface area contributed by atoms with Gasteiger partial charge in [0.05, 0.1) is 5.56 Å². The average Bonchev–Trinajstić information content (AvgIpc) is 2.75. The molecule has 3 aromatic rings. The Bertz CT molecular complexity index is 989. The van der Waals surface area contributed by atoms with Gasteiger partial charge in [-0.1, -0.05) is 48.5 Å². The molecule has 0 saturated heterocycles. The lowest BCUT2D eigenvalue weighted by atomic mass is 10.1. The molecule has 154 valence electrons. The quantitative estimate of drug-likeness (QED) is 0.549. The van der Waals surface area contributed by atoms with Crippen LogP contribution < -0.4 is 20.9 Å². The van der Waals surface area contributed by atoms with Gasteiger partial charge in [-0.15, -0.1) is 0 Å². The van der Waals surface area contributed by atoms with E-state index in [1.165, 1.54) is 5.56 Å². The number of rotatable bonds is 7. The maximum Gasteiger partial charge on any atom is 0.323 e. The normalized spacial score (nSPS) is 10.2. The van der Waals surface area contributed by atoms with Crippen molar-refractivity contribution < 1.29 is 9.59 Å². The van der Waals surface area contributed by atoms with E-state index in [2.05, 4.69) is 16.0 Å². The largest absolute Gasteiger partial charge is 0.377 e. The maximum atomic E-state index is 12.8. The highest BCUT2D eigenvalue weighted by atomic mass is 16.2. The van der Waals surface area contributed by atoms with E-state index in [0.29, 0.717) is 23.5 Å². The van der Waals surface area contributed by atoms with Crippen molar-refractivity contribution in [1.82, 2.24) is 5.32 Å². The van der Waals surface area contributed by atoms with E-state index < -0.39 is 0 Å². The molecular formula is C24H26N4O2. The molecule has 3 amide bonds. The molecule has 3 rings (SSSR count). The molecule has 0 fully saturated rings. The van der Waals surface area contributed by atoms with Gasteiger partial charge in [0, 0.05) is 37.7 Å². The minimum Gasteiger partial charge on any atom is -0.377 e. The summed E-state index contributed by atoms with van der Waals surface area (Å²) in [6.07, 6.45) is 0.751. The second kappa shape index (κ2) is 10.1. The van der Waals surface area contributed by atoms with Crippen LogP contribution in [0.4, 0.5) is 21.9 Å². The number of hydrogen-bond acceptors (Lipinski definition) is 3. The summed E-state index contributed by atoms with van der Waals surface area (Å²) >= 11 is 0. The summed E-state index contributed by atoms with van der Waals surface area (Å²) in [4.78, 5) is 27.0. The molecule has 0 bridgehead atoms. The first-order valence-electron chi connectivity index (χ1n) is 9.79. The van der Waals surface area contributed by atoms with Gasteiger partial charge in [-0.25, -0.2) is 4.79 Å². The molecule has 6 heteroatoms. The number of hydrogen-bond donors (Lipinski definition) is 3. The fourth-order valence-corrected chi connectivity index (χ4v) is 3.06. The molecule has 0 heterocycles. The third kappa shape index (κ3) is 5.85. The highest BCUT2D eigenvalue weighted by molar-refractivity contribution is 6.03. The number of anilines is 3. The van der Waals surface area contributed by atoms with Gasteiger partial charge < -0.3 is 20.9 Å². The number of para-hydroxylation sites is 1. The molecule has 0 aliphatic heterocycles. The lowest BCUT2D eigenvalue weighted by Crippen LogP contribution is -2.28. The molecule has 0 radical (unpaired) electrons. The zero-order chi connectivity index (χ0) is 21.3. The van der Waals surface area contributed by atoms with Crippen molar-refractivity contribution in [3.05, 3.63) is 90.0 Å². The van der Waals surface area contributed by atoms with Crippen LogP contribution in [-0.4, -0.2) is 32.6 Å². The third-order valence-corrected chi connectivity index (χ3v) is 4.55. The van der Waals surface area contributed by atoms with Gasteiger partial charge in [0.25, 0.3) is 5.91 Å². The molecule has 30 heavy (non-hydrogen) atoms. The molecule has 3 aromatic carbocycles. The lowest BCUT2D eigenvalue weighted by Gasteiger charge is -2.18. The number of nitrogens with zero attached hydrogens (tertiary/aromatic N) is 1. The minimum atomic E-state index is -0.366. The fourth-order valence-electron chi connectivity index (χ4n) is 3.06. The molecule has 0 aromatic heterocycles. The summed E-state index contributed by atoms with van der Waals surface area (Å²) in [5.74, 6) is -0.179. The highest BCUT2D eigenvalue weighted by Crippen LogP contribution is 2.23. The number of amides is 3. The van der Waals surface area contributed by atoms with Crippen LogP contribution in [-0.2, 0) is 6.42 Å². The monoisotopic (exact) mass is 402 g/mol. The van der Waals surface area contributed by atoms with E-state index in [1.807, 2.05) is 73.6 Å². The first-order chi connectivity index (χ1) is 14.5. The van der Waals surface area contributed by atoms with Crippen molar-refractivity contribution >= 4 is 29.0 Å².